The Morgan fingerprint density at radius 2 is 2.17 bits per heavy atom. The molecule has 0 radical (unpaired) electrons. The Morgan fingerprint density at radius 1 is 1.33 bits per heavy atom. The Kier molecular flexibility index (Phi) is 4.46. The molecule has 0 aliphatic heterocycles. The number of nitrogens with one attached hydrogen (secondary N) is 2. The van der Waals surface area contributed by atoms with E-state index >= 15 is 0 Å². The molecule has 1 amide bonds. The van der Waals surface area contributed by atoms with E-state index in [0.717, 1.165) is 11.1 Å². The Morgan fingerprint density at radius 3 is 2.96 bits per heavy atom. The molecule has 3 rings (SSSR count). The van der Waals surface area contributed by atoms with Crippen molar-refractivity contribution in [2.75, 3.05) is 11.9 Å². The molecule has 0 atom stereocenters. The van der Waals surface area contributed by atoms with Gasteiger partial charge in [-0.3, -0.25) is 9.89 Å². The van der Waals surface area contributed by atoms with Crippen LogP contribution in [0.3, 0.4) is 0 Å². The number of amides is 1. The first-order valence-electron chi connectivity index (χ1n) is 7.86. The molecule has 0 spiro atoms. The van der Waals surface area contributed by atoms with Gasteiger partial charge in [0, 0.05) is 11.1 Å². The van der Waals surface area contributed by atoms with Crippen LogP contribution in [0.2, 0.25) is 0 Å². The van der Waals surface area contributed by atoms with Crippen molar-refractivity contribution in [1.82, 2.24) is 15.2 Å². The van der Waals surface area contributed by atoms with Crippen LogP contribution in [-0.2, 0) is 4.79 Å². The van der Waals surface area contributed by atoms with Crippen molar-refractivity contribution in [2.24, 2.45) is 0 Å². The van der Waals surface area contributed by atoms with Crippen LogP contribution >= 0.6 is 0 Å². The Labute approximate surface area is 140 Å². The van der Waals surface area contributed by atoms with Gasteiger partial charge in [-0.1, -0.05) is 26.0 Å². The number of rotatable bonds is 5. The summed E-state index contributed by atoms with van der Waals surface area (Å²) < 4.78 is 5.58. The fourth-order valence-corrected chi connectivity index (χ4v) is 2.40. The number of pyridine rings is 1. The quantitative estimate of drug-likeness (QED) is 0.754. The summed E-state index contributed by atoms with van der Waals surface area (Å²) in [7, 11) is 0. The minimum Gasteiger partial charge on any atom is -0.484 e. The molecule has 0 aliphatic carbocycles. The van der Waals surface area contributed by atoms with Crippen LogP contribution in [0.15, 0.2) is 36.5 Å². The maximum atomic E-state index is 12.1. The summed E-state index contributed by atoms with van der Waals surface area (Å²) >= 11 is 0. The smallest absolute Gasteiger partial charge is 0.262 e. The molecule has 0 unspecified atom stereocenters. The maximum Gasteiger partial charge on any atom is 0.262 e. The van der Waals surface area contributed by atoms with E-state index in [9.17, 15) is 4.79 Å². The third-order valence-corrected chi connectivity index (χ3v) is 3.78. The average Bonchev–Trinajstić information content (AvgIpc) is 2.94. The third-order valence-electron chi connectivity index (χ3n) is 3.78. The normalized spacial score (nSPS) is 11.0. The van der Waals surface area contributed by atoms with Crippen molar-refractivity contribution in [3.8, 4) is 5.75 Å². The first-order chi connectivity index (χ1) is 11.5. The topological polar surface area (TPSA) is 79.9 Å². The van der Waals surface area contributed by atoms with Crippen molar-refractivity contribution in [1.29, 1.82) is 0 Å². The predicted octanol–water partition coefficient (Wildman–Crippen LogP) is 3.41. The van der Waals surface area contributed by atoms with Crippen LogP contribution in [-0.4, -0.2) is 27.7 Å². The van der Waals surface area contributed by atoms with E-state index < -0.39 is 0 Å². The summed E-state index contributed by atoms with van der Waals surface area (Å²) in [6, 6.07) is 9.63. The van der Waals surface area contributed by atoms with E-state index in [1.165, 1.54) is 5.56 Å². The maximum absolute atomic E-state index is 12.1. The van der Waals surface area contributed by atoms with E-state index in [1.807, 2.05) is 37.3 Å². The first kappa shape index (κ1) is 16.0. The second-order valence-corrected chi connectivity index (χ2v) is 6.01. The zero-order valence-electron chi connectivity index (χ0n) is 14.0. The molecular formula is C18H20N4O2. The number of nitrogens with zero attached hydrogens (tertiary/aromatic N) is 2. The van der Waals surface area contributed by atoms with Gasteiger partial charge >= 0.3 is 0 Å². The van der Waals surface area contributed by atoms with Gasteiger partial charge in [0.1, 0.15) is 5.75 Å². The third kappa shape index (κ3) is 3.53. The monoisotopic (exact) mass is 324 g/mol. The molecule has 2 aromatic heterocycles. The first-order valence-corrected chi connectivity index (χ1v) is 7.86. The number of hydrogen-bond donors (Lipinski definition) is 2. The van der Waals surface area contributed by atoms with Gasteiger partial charge in [-0.05, 0) is 36.6 Å². The molecule has 0 saturated heterocycles. The van der Waals surface area contributed by atoms with Gasteiger partial charge < -0.3 is 10.1 Å². The highest BCUT2D eigenvalue weighted by Crippen LogP contribution is 2.20. The lowest BCUT2D eigenvalue weighted by Crippen LogP contribution is -2.20. The molecule has 2 heterocycles. The number of carbonyl (C=O) groups excluding carboxylic acids is 1. The molecule has 1 aromatic carbocycles. The van der Waals surface area contributed by atoms with Gasteiger partial charge in [0.25, 0.3) is 5.91 Å². The SMILES string of the molecule is Cc1[nH]nc2ncc(NC(=O)COc3cccc(C(C)C)c3)cc12. The molecule has 3 aromatic rings. The second kappa shape index (κ2) is 6.70. The minimum atomic E-state index is -0.229. The zero-order chi connectivity index (χ0) is 17.1. The number of fused-ring (bicyclic) bond motifs is 1. The lowest BCUT2D eigenvalue weighted by molar-refractivity contribution is -0.118. The van der Waals surface area contributed by atoms with Crippen LogP contribution < -0.4 is 10.1 Å². The fourth-order valence-electron chi connectivity index (χ4n) is 2.40. The largest absolute Gasteiger partial charge is 0.484 e. The Hall–Kier alpha value is -2.89. The van der Waals surface area contributed by atoms with Crippen LogP contribution in [0.25, 0.3) is 11.0 Å². The second-order valence-electron chi connectivity index (χ2n) is 6.01. The summed E-state index contributed by atoms with van der Waals surface area (Å²) in [5.74, 6) is 0.876. The number of anilines is 1. The van der Waals surface area contributed by atoms with Crippen molar-refractivity contribution < 1.29 is 9.53 Å². The summed E-state index contributed by atoms with van der Waals surface area (Å²) in [5.41, 5.74) is 3.34. The fraction of sp³-hybridized carbons (Fsp3) is 0.278. The van der Waals surface area contributed by atoms with Crippen molar-refractivity contribution in [2.45, 2.75) is 26.7 Å². The van der Waals surface area contributed by atoms with Crippen molar-refractivity contribution in [3.05, 3.63) is 47.8 Å². The predicted molar refractivity (Wildman–Crippen MR) is 93.3 cm³/mol. The highest BCUT2D eigenvalue weighted by molar-refractivity contribution is 5.93. The van der Waals surface area contributed by atoms with Crippen molar-refractivity contribution in [3.63, 3.8) is 0 Å². The summed E-state index contributed by atoms with van der Waals surface area (Å²) in [6.45, 7) is 6.09. The van der Waals surface area contributed by atoms with Crippen LogP contribution in [0.5, 0.6) is 5.75 Å². The number of carbonyl (C=O) groups is 1. The number of benzene rings is 1. The number of aromatic amines is 1. The van der Waals surface area contributed by atoms with E-state index in [-0.39, 0.29) is 12.5 Å². The number of aromatic nitrogens is 3. The van der Waals surface area contributed by atoms with E-state index in [2.05, 4.69) is 34.3 Å². The number of aryl methyl sites for hydroxylation is 1. The standard InChI is InChI=1S/C18H20N4O2/c1-11(2)13-5-4-6-15(7-13)24-10-17(23)20-14-8-16-12(3)21-22-18(16)19-9-14/h4-9,11H,10H2,1-3H3,(H,20,23)(H,19,21,22). The molecule has 6 heteroatoms. The molecule has 0 saturated carbocycles. The van der Waals surface area contributed by atoms with E-state index in [4.69, 9.17) is 4.74 Å². The van der Waals surface area contributed by atoms with Crippen molar-refractivity contribution >= 4 is 22.6 Å². The van der Waals surface area contributed by atoms with Crippen LogP contribution in [0, 0.1) is 6.92 Å². The number of hydrogen-bond acceptors (Lipinski definition) is 4. The lowest BCUT2D eigenvalue weighted by atomic mass is 10.0. The minimum absolute atomic E-state index is 0.0516. The molecule has 124 valence electrons. The van der Waals surface area contributed by atoms with Gasteiger partial charge in [0.05, 0.1) is 11.9 Å². The summed E-state index contributed by atoms with van der Waals surface area (Å²) in [4.78, 5) is 16.3. The van der Waals surface area contributed by atoms with Crippen LogP contribution in [0.4, 0.5) is 5.69 Å². The van der Waals surface area contributed by atoms with E-state index in [1.54, 1.807) is 6.20 Å². The molecule has 6 nitrogen and oxygen atoms in total. The Bertz CT molecular complexity index is 870. The lowest BCUT2D eigenvalue weighted by Gasteiger charge is -2.10. The van der Waals surface area contributed by atoms with Crippen LogP contribution in [0.1, 0.15) is 31.0 Å². The highest BCUT2D eigenvalue weighted by Gasteiger charge is 2.08. The molecule has 0 bridgehead atoms. The molecule has 2 N–H and O–H groups in total. The molecule has 0 fully saturated rings. The Balaban J connectivity index is 1.62. The van der Waals surface area contributed by atoms with Gasteiger partial charge in [-0.25, -0.2) is 4.98 Å². The van der Waals surface area contributed by atoms with Gasteiger partial charge in [-0.15, -0.1) is 0 Å². The average molecular weight is 324 g/mol. The van der Waals surface area contributed by atoms with Gasteiger partial charge in [0.15, 0.2) is 12.3 Å². The van der Waals surface area contributed by atoms with Gasteiger partial charge in [-0.2, -0.15) is 5.10 Å². The molecular weight excluding hydrogens is 304 g/mol. The summed E-state index contributed by atoms with van der Waals surface area (Å²) in [6.07, 6.45) is 1.58. The zero-order valence-corrected chi connectivity index (χ0v) is 14.0. The number of H-pyrrole nitrogens is 1. The summed E-state index contributed by atoms with van der Waals surface area (Å²) in [5, 5.41) is 10.6. The number of ether oxygens (including phenoxy) is 1. The van der Waals surface area contributed by atoms with Gasteiger partial charge in [0.2, 0.25) is 0 Å². The molecule has 0 aliphatic rings. The van der Waals surface area contributed by atoms with E-state index in [0.29, 0.717) is 23.0 Å². The highest BCUT2D eigenvalue weighted by atomic mass is 16.5. The molecule has 24 heavy (non-hydrogen) atoms.